The van der Waals surface area contributed by atoms with E-state index >= 15 is 0 Å². The van der Waals surface area contributed by atoms with Crippen molar-refractivity contribution in [1.82, 2.24) is 0 Å². The number of aryl methyl sites for hydroxylation is 2. The lowest BCUT2D eigenvalue weighted by Crippen LogP contribution is -2.30. The first-order valence-electron chi connectivity index (χ1n) is 7.61. The Kier molecular flexibility index (Phi) is 5.76. The lowest BCUT2D eigenvalue weighted by molar-refractivity contribution is -0.137. The summed E-state index contributed by atoms with van der Waals surface area (Å²) < 4.78 is 49.8. The smallest absolute Gasteiger partial charge is 0.438 e. The Hall–Kier alpha value is -2.74. The molecule has 0 bridgehead atoms. The molecule has 0 spiro atoms. The molecule has 2 aromatic rings. The van der Waals surface area contributed by atoms with Crippen LogP contribution < -0.4 is 9.80 Å². The third-order valence-corrected chi connectivity index (χ3v) is 3.70. The van der Waals surface area contributed by atoms with Crippen LogP contribution in [0.15, 0.2) is 36.4 Å². The number of halogens is 3. The fraction of sp³-hybridized carbons (Fsp3) is 0.278. The Morgan fingerprint density at radius 2 is 1.88 bits per heavy atom. The van der Waals surface area contributed by atoms with Gasteiger partial charge >= 0.3 is 12.3 Å². The average molecular weight is 369 g/mol. The number of hydrogen-bond acceptors (Lipinski definition) is 4. The van der Waals surface area contributed by atoms with Gasteiger partial charge in [-0.3, -0.25) is 5.21 Å². The summed E-state index contributed by atoms with van der Waals surface area (Å²) in [5.74, 6) is 0.488. The van der Waals surface area contributed by atoms with Crippen molar-refractivity contribution in [2.75, 3.05) is 12.2 Å². The average Bonchev–Trinajstić information content (AvgIpc) is 2.58. The van der Waals surface area contributed by atoms with E-state index in [1.165, 1.54) is 12.1 Å². The van der Waals surface area contributed by atoms with E-state index in [2.05, 4.69) is 4.74 Å². The fourth-order valence-corrected chi connectivity index (χ4v) is 2.48. The number of hydroxylamine groups is 1. The molecule has 0 saturated carbocycles. The van der Waals surface area contributed by atoms with Gasteiger partial charge in [-0.05, 0) is 31.5 Å². The molecule has 0 aliphatic carbocycles. The molecule has 1 N–H and O–H groups in total. The molecular weight excluding hydrogens is 351 g/mol. The van der Waals surface area contributed by atoms with E-state index in [1.807, 2.05) is 26.0 Å². The summed E-state index contributed by atoms with van der Waals surface area (Å²) in [6.07, 6.45) is -6.12. The van der Waals surface area contributed by atoms with Crippen LogP contribution in [0.3, 0.4) is 0 Å². The molecule has 8 heteroatoms. The number of hydrogen-bond donors (Lipinski definition) is 1. The molecule has 0 aliphatic heterocycles. The third-order valence-electron chi connectivity index (χ3n) is 3.70. The summed E-state index contributed by atoms with van der Waals surface area (Å²) in [6, 6.07) is 8.66. The number of nitrogens with zero attached hydrogens (tertiary/aromatic N) is 1. The normalized spacial score (nSPS) is 11.2. The second-order valence-electron chi connectivity index (χ2n) is 5.65. The largest absolute Gasteiger partial charge is 0.489 e. The summed E-state index contributed by atoms with van der Waals surface area (Å²) >= 11 is 0. The van der Waals surface area contributed by atoms with Crippen LogP contribution in [0.4, 0.5) is 23.7 Å². The Labute approximate surface area is 148 Å². The zero-order valence-corrected chi connectivity index (χ0v) is 14.4. The summed E-state index contributed by atoms with van der Waals surface area (Å²) in [5.41, 5.74) is -0.0920. The number of carbonyl (C=O) groups excluding carboxylic acids is 1. The lowest BCUT2D eigenvalue weighted by atomic mass is 10.1. The fourth-order valence-electron chi connectivity index (χ4n) is 2.48. The van der Waals surface area contributed by atoms with Gasteiger partial charge in [0.15, 0.2) is 0 Å². The second kappa shape index (κ2) is 7.65. The predicted molar refractivity (Wildman–Crippen MR) is 88.4 cm³/mol. The minimum atomic E-state index is -4.78. The zero-order chi connectivity index (χ0) is 19.5. The van der Waals surface area contributed by atoms with Gasteiger partial charge in [-0.15, -0.1) is 0 Å². The van der Waals surface area contributed by atoms with Crippen LogP contribution in [0.2, 0.25) is 0 Å². The van der Waals surface area contributed by atoms with Crippen LogP contribution in [0.5, 0.6) is 5.75 Å². The lowest BCUT2D eigenvalue weighted by Gasteiger charge is -2.22. The number of para-hydroxylation sites is 1. The number of benzene rings is 2. The zero-order valence-electron chi connectivity index (χ0n) is 14.4. The number of rotatable bonds is 4. The molecule has 0 unspecified atom stereocenters. The number of methoxy groups -OCH3 is 1. The maximum atomic E-state index is 13.3. The molecule has 0 fully saturated rings. The molecule has 1 amide bonds. The van der Waals surface area contributed by atoms with E-state index in [0.29, 0.717) is 5.75 Å². The monoisotopic (exact) mass is 369 g/mol. The van der Waals surface area contributed by atoms with Crippen molar-refractivity contribution in [3.63, 3.8) is 0 Å². The first kappa shape index (κ1) is 19.6. The molecule has 26 heavy (non-hydrogen) atoms. The van der Waals surface area contributed by atoms with Crippen molar-refractivity contribution >= 4 is 11.8 Å². The number of amides is 1. The van der Waals surface area contributed by atoms with Crippen molar-refractivity contribution in [3.05, 3.63) is 58.7 Å². The van der Waals surface area contributed by atoms with Crippen LogP contribution in [0.25, 0.3) is 0 Å². The molecule has 2 rings (SSSR count). The van der Waals surface area contributed by atoms with Crippen LogP contribution in [-0.2, 0) is 17.5 Å². The Morgan fingerprint density at radius 3 is 2.46 bits per heavy atom. The number of anilines is 1. The van der Waals surface area contributed by atoms with Gasteiger partial charge in [0.2, 0.25) is 0 Å². The van der Waals surface area contributed by atoms with Crippen molar-refractivity contribution in [1.29, 1.82) is 0 Å². The maximum Gasteiger partial charge on any atom is 0.438 e. The van der Waals surface area contributed by atoms with E-state index in [-0.39, 0.29) is 17.2 Å². The van der Waals surface area contributed by atoms with E-state index in [9.17, 15) is 23.2 Å². The van der Waals surface area contributed by atoms with Gasteiger partial charge in [0.05, 0.1) is 18.4 Å². The van der Waals surface area contributed by atoms with E-state index in [0.717, 1.165) is 24.3 Å². The van der Waals surface area contributed by atoms with Gasteiger partial charge in [0, 0.05) is 5.56 Å². The first-order chi connectivity index (χ1) is 12.1. The topological polar surface area (TPSA) is 59.0 Å². The molecule has 0 radical (unpaired) electrons. The van der Waals surface area contributed by atoms with Gasteiger partial charge in [0.1, 0.15) is 12.4 Å². The highest BCUT2D eigenvalue weighted by Gasteiger charge is 2.37. The van der Waals surface area contributed by atoms with Crippen LogP contribution in [-0.4, -0.2) is 18.4 Å². The highest BCUT2D eigenvalue weighted by Crippen LogP contribution is 2.39. The van der Waals surface area contributed by atoms with Gasteiger partial charge in [-0.2, -0.15) is 18.2 Å². The van der Waals surface area contributed by atoms with E-state index in [1.54, 1.807) is 6.07 Å². The minimum Gasteiger partial charge on any atom is -0.489 e. The number of alkyl halides is 3. The standard InChI is InChI=1S/C18H18F3NO4/c1-11-7-8-15(12(2)9-11)26-10-13-5-4-6-14(18(19,20)21)16(13)22(24)17(23)25-3/h4-9,24H,10H2,1-3H3. The number of ether oxygens (including phenoxy) is 2. The van der Waals surface area contributed by atoms with Crippen molar-refractivity contribution in [2.45, 2.75) is 26.6 Å². The van der Waals surface area contributed by atoms with E-state index < -0.39 is 23.5 Å². The highest BCUT2D eigenvalue weighted by atomic mass is 19.4. The summed E-state index contributed by atoms with van der Waals surface area (Å²) in [4.78, 5) is 11.6. The molecular formula is C18H18F3NO4. The quantitative estimate of drug-likeness (QED) is 0.617. The van der Waals surface area contributed by atoms with Gasteiger partial charge in [-0.25, -0.2) is 4.79 Å². The predicted octanol–water partition coefficient (Wildman–Crippen LogP) is 4.86. The second-order valence-corrected chi connectivity index (χ2v) is 5.65. The van der Waals surface area contributed by atoms with Crippen LogP contribution >= 0.6 is 0 Å². The van der Waals surface area contributed by atoms with E-state index in [4.69, 9.17) is 4.74 Å². The van der Waals surface area contributed by atoms with Crippen molar-refractivity contribution in [3.8, 4) is 5.75 Å². The van der Waals surface area contributed by atoms with Gasteiger partial charge < -0.3 is 9.47 Å². The third kappa shape index (κ3) is 4.26. The Morgan fingerprint density at radius 1 is 1.19 bits per heavy atom. The minimum absolute atomic E-state index is 0.0206. The Bertz CT molecular complexity index is 806. The molecule has 0 atom stereocenters. The van der Waals surface area contributed by atoms with Crippen LogP contribution in [0.1, 0.15) is 22.3 Å². The molecule has 0 aromatic heterocycles. The maximum absolute atomic E-state index is 13.3. The summed E-state index contributed by atoms with van der Waals surface area (Å²) in [5, 5.41) is 9.74. The van der Waals surface area contributed by atoms with Crippen LogP contribution in [0, 0.1) is 13.8 Å². The molecule has 5 nitrogen and oxygen atoms in total. The molecule has 0 heterocycles. The first-order valence-corrected chi connectivity index (χ1v) is 7.61. The molecule has 2 aromatic carbocycles. The SMILES string of the molecule is COC(=O)N(O)c1c(COc2ccc(C)cc2C)cccc1C(F)(F)F. The molecule has 0 aliphatic rings. The summed E-state index contributed by atoms with van der Waals surface area (Å²) in [7, 11) is 0.952. The van der Waals surface area contributed by atoms with Gasteiger partial charge in [-0.1, -0.05) is 29.8 Å². The molecule has 140 valence electrons. The van der Waals surface area contributed by atoms with Crippen molar-refractivity contribution in [2.24, 2.45) is 0 Å². The van der Waals surface area contributed by atoms with Crippen molar-refractivity contribution < 1.29 is 32.6 Å². The highest BCUT2D eigenvalue weighted by molar-refractivity contribution is 5.87. The Balaban J connectivity index is 2.42. The van der Waals surface area contributed by atoms with Gasteiger partial charge in [0.25, 0.3) is 0 Å². The summed E-state index contributed by atoms with van der Waals surface area (Å²) in [6.45, 7) is 3.43. The number of carbonyl (C=O) groups is 1. The molecule has 0 saturated heterocycles.